The molecule has 0 aromatic rings. The molecule has 1 saturated carbocycles. The van der Waals surface area contributed by atoms with Gasteiger partial charge >= 0.3 is 0 Å². The summed E-state index contributed by atoms with van der Waals surface area (Å²) in [6.45, 7) is 7.94. The number of nitrogens with zero attached hydrogens (tertiary/aromatic N) is 2. The summed E-state index contributed by atoms with van der Waals surface area (Å²) in [4.78, 5) is 5.60. The third-order valence-corrected chi connectivity index (χ3v) is 5.59. The summed E-state index contributed by atoms with van der Waals surface area (Å²) in [5, 5.41) is 0. The molecule has 2 atom stereocenters. The summed E-state index contributed by atoms with van der Waals surface area (Å²) in [7, 11) is 0. The monoisotopic (exact) mass is 250 g/mol. The van der Waals surface area contributed by atoms with Gasteiger partial charge in [-0.05, 0) is 77.0 Å². The first kappa shape index (κ1) is 12.9. The van der Waals surface area contributed by atoms with Crippen molar-refractivity contribution in [1.82, 2.24) is 9.80 Å². The van der Waals surface area contributed by atoms with Gasteiger partial charge in [-0.3, -0.25) is 0 Å². The fourth-order valence-corrected chi connectivity index (χ4v) is 4.41. The standard InChI is InChI=1S/C16H30N2/c1-14-5-6-16(13-14)18-11-7-15(8-12-18)17-9-3-2-4-10-17/h14-16H,2-13H2,1H3/t14-,16+/m1/s1. The van der Waals surface area contributed by atoms with Crippen LogP contribution in [0.4, 0.5) is 0 Å². The fraction of sp³-hybridized carbons (Fsp3) is 1.00. The molecule has 0 spiro atoms. The molecule has 1 aliphatic carbocycles. The van der Waals surface area contributed by atoms with E-state index in [1.165, 1.54) is 77.5 Å². The lowest BCUT2D eigenvalue weighted by atomic mass is 9.98. The van der Waals surface area contributed by atoms with Crippen molar-refractivity contribution in [1.29, 1.82) is 0 Å². The van der Waals surface area contributed by atoms with E-state index in [9.17, 15) is 0 Å². The zero-order chi connectivity index (χ0) is 12.4. The number of piperidine rings is 2. The zero-order valence-electron chi connectivity index (χ0n) is 12.1. The van der Waals surface area contributed by atoms with Crippen LogP contribution in [-0.4, -0.2) is 48.1 Å². The lowest BCUT2D eigenvalue weighted by molar-refractivity contribution is 0.0726. The highest BCUT2D eigenvalue weighted by atomic mass is 15.2. The Kier molecular flexibility index (Phi) is 4.25. The topological polar surface area (TPSA) is 6.48 Å². The van der Waals surface area contributed by atoms with Crippen LogP contribution in [0.5, 0.6) is 0 Å². The molecule has 0 bridgehead atoms. The van der Waals surface area contributed by atoms with E-state index in [0.29, 0.717) is 0 Å². The third-order valence-electron chi connectivity index (χ3n) is 5.59. The van der Waals surface area contributed by atoms with Gasteiger partial charge in [0, 0.05) is 12.1 Å². The Morgan fingerprint density at radius 2 is 1.33 bits per heavy atom. The molecular weight excluding hydrogens is 220 g/mol. The van der Waals surface area contributed by atoms with Crippen molar-refractivity contribution < 1.29 is 0 Å². The van der Waals surface area contributed by atoms with Gasteiger partial charge in [0.1, 0.15) is 0 Å². The lowest BCUT2D eigenvalue weighted by Gasteiger charge is -2.42. The van der Waals surface area contributed by atoms with E-state index >= 15 is 0 Å². The average molecular weight is 250 g/mol. The normalized spacial score (nSPS) is 37.2. The van der Waals surface area contributed by atoms with Crippen molar-refractivity contribution in [2.24, 2.45) is 5.92 Å². The Labute approximate surface area is 113 Å². The van der Waals surface area contributed by atoms with Crippen molar-refractivity contribution in [2.45, 2.75) is 70.4 Å². The Balaban J connectivity index is 1.45. The lowest BCUT2D eigenvalue weighted by Crippen LogP contribution is -2.48. The van der Waals surface area contributed by atoms with E-state index in [2.05, 4.69) is 16.7 Å². The first-order valence-corrected chi connectivity index (χ1v) is 8.31. The quantitative estimate of drug-likeness (QED) is 0.743. The van der Waals surface area contributed by atoms with Crippen LogP contribution in [0.2, 0.25) is 0 Å². The molecule has 0 aromatic carbocycles. The van der Waals surface area contributed by atoms with E-state index in [1.54, 1.807) is 0 Å². The second-order valence-corrected chi connectivity index (χ2v) is 6.94. The number of hydrogen-bond donors (Lipinski definition) is 0. The minimum atomic E-state index is 0.917. The summed E-state index contributed by atoms with van der Waals surface area (Å²) < 4.78 is 0. The van der Waals surface area contributed by atoms with E-state index in [1.807, 2.05) is 0 Å². The zero-order valence-corrected chi connectivity index (χ0v) is 12.1. The molecular formula is C16H30N2. The molecule has 3 aliphatic rings. The molecule has 0 unspecified atom stereocenters. The first-order valence-electron chi connectivity index (χ1n) is 8.31. The van der Waals surface area contributed by atoms with Gasteiger partial charge in [-0.15, -0.1) is 0 Å². The Bertz CT molecular complexity index is 239. The van der Waals surface area contributed by atoms with Gasteiger partial charge in [-0.25, -0.2) is 0 Å². The smallest absolute Gasteiger partial charge is 0.0120 e. The molecule has 3 fully saturated rings. The van der Waals surface area contributed by atoms with E-state index in [-0.39, 0.29) is 0 Å². The number of likely N-dealkylation sites (tertiary alicyclic amines) is 2. The second-order valence-electron chi connectivity index (χ2n) is 6.94. The predicted octanol–water partition coefficient (Wildman–Crippen LogP) is 3.13. The SMILES string of the molecule is C[C@@H]1CC[C@H](N2CCC(N3CCCCC3)CC2)C1. The molecule has 0 N–H and O–H groups in total. The third kappa shape index (κ3) is 2.91. The molecule has 2 heterocycles. The van der Waals surface area contributed by atoms with Crippen molar-refractivity contribution in [3.05, 3.63) is 0 Å². The van der Waals surface area contributed by atoms with Crippen LogP contribution >= 0.6 is 0 Å². The van der Waals surface area contributed by atoms with Crippen LogP contribution in [-0.2, 0) is 0 Å². The molecule has 0 radical (unpaired) electrons. The maximum absolute atomic E-state index is 2.81. The Morgan fingerprint density at radius 3 is 1.94 bits per heavy atom. The first-order chi connectivity index (χ1) is 8.83. The molecule has 3 rings (SSSR count). The summed E-state index contributed by atoms with van der Waals surface area (Å²) >= 11 is 0. The molecule has 0 amide bonds. The van der Waals surface area contributed by atoms with Crippen molar-refractivity contribution in [3.63, 3.8) is 0 Å². The van der Waals surface area contributed by atoms with Gasteiger partial charge < -0.3 is 9.80 Å². The van der Waals surface area contributed by atoms with E-state index in [0.717, 1.165) is 18.0 Å². The van der Waals surface area contributed by atoms with Gasteiger partial charge in [-0.2, -0.15) is 0 Å². The van der Waals surface area contributed by atoms with Gasteiger partial charge in [-0.1, -0.05) is 13.3 Å². The Morgan fingerprint density at radius 1 is 0.667 bits per heavy atom. The van der Waals surface area contributed by atoms with Gasteiger partial charge in [0.25, 0.3) is 0 Å². The maximum atomic E-state index is 2.81. The summed E-state index contributed by atoms with van der Waals surface area (Å²) in [5.74, 6) is 0.981. The highest BCUT2D eigenvalue weighted by molar-refractivity contribution is 4.87. The van der Waals surface area contributed by atoms with Crippen molar-refractivity contribution >= 4 is 0 Å². The van der Waals surface area contributed by atoms with Crippen LogP contribution in [0.3, 0.4) is 0 Å². The van der Waals surface area contributed by atoms with Gasteiger partial charge in [0.15, 0.2) is 0 Å². The molecule has 2 heteroatoms. The van der Waals surface area contributed by atoms with Crippen LogP contribution in [0.25, 0.3) is 0 Å². The van der Waals surface area contributed by atoms with Crippen LogP contribution in [0, 0.1) is 5.92 Å². The molecule has 2 nitrogen and oxygen atoms in total. The van der Waals surface area contributed by atoms with Crippen molar-refractivity contribution in [3.8, 4) is 0 Å². The summed E-state index contributed by atoms with van der Waals surface area (Å²) in [6, 6.07) is 1.85. The van der Waals surface area contributed by atoms with E-state index in [4.69, 9.17) is 0 Å². The molecule has 18 heavy (non-hydrogen) atoms. The van der Waals surface area contributed by atoms with Crippen LogP contribution in [0.1, 0.15) is 58.3 Å². The minimum absolute atomic E-state index is 0.917. The minimum Gasteiger partial charge on any atom is -0.300 e. The Hall–Kier alpha value is -0.0800. The summed E-state index contributed by atoms with van der Waals surface area (Å²) in [5.41, 5.74) is 0. The van der Waals surface area contributed by atoms with Crippen LogP contribution in [0.15, 0.2) is 0 Å². The molecule has 2 saturated heterocycles. The van der Waals surface area contributed by atoms with Gasteiger partial charge in [0.05, 0.1) is 0 Å². The maximum Gasteiger partial charge on any atom is 0.0120 e. The fourth-order valence-electron chi connectivity index (χ4n) is 4.41. The van der Waals surface area contributed by atoms with Crippen LogP contribution < -0.4 is 0 Å². The second kappa shape index (κ2) is 5.92. The number of rotatable bonds is 2. The number of hydrogen-bond acceptors (Lipinski definition) is 2. The molecule has 0 aromatic heterocycles. The molecule has 104 valence electrons. The van der Waals surface area contributed by atoms with Crippen molar-refractivity contribution in [2.75, 3.05) is 26.2 Å². The van der Waals surface area contributed by atoms with E-state index < -0.39 is 0 Å². The summed E-state index contributed by atoms with van der Waals surface area (Å²) in [6.07, 6.45) is 11.6. The molecule has 2 aliphatic heterocycles. The average Bonchev–Trinajstić information content (AvgIpc) is 2.87. The highest BCUT2D eigenvalue weighted by Gasteiger charge is 2.31. The highest BCUT2D eigenvalue weighted by Crippen LogP contribution is 2.31. The predicted molar refractivity (Wildman–Crippen MR) is 76.8 cm³/mol. The largest absolute Gasteiger partial charge is 0.300 e. The van der Waals surface area contributed by atoms with Gasteiger partial charge in [0.2, 0.25) is 0 Å².